The van der Waals surface area contributed by atoms with E-state index in [1.165, 1.54) is 22.7 Å². The molecule has 0 bridgehead atoms. The largest absolute Gasteiger partial charge is 0.386 e. The Morgan fingerprint density at radius 3 is 2.75 bits per heavy atom. The van der Waals surface area contributed by atoms with E-state index in [2.05, 4.69) is 4.72 Å². The van der Waals surface area contributed by atoms with Crippen LogP contribution in [0.2, 0.25) is 0 Å². The van der Waals surface area contributed by atoms with Crippen LogP contribution in [0.25, 0.3) is 10.1 Å². The molecule has 0 aliphatic carbocycles. The Morgan fingerprint density at radius 2 is 2.10 bits per heavy atom. The van der Waals surface area contributed by atoms with Crippen molar-refractivity contribution in [2.24, 2.45) is 0 Å². The molecular formula is C13H18N2O3S2. The lowest BCUT2D eigenvalue weighted by Crippen LogP contribution is -2.39. The van der Waals surface area contributed by atoms with Gasteiger partial charge in [0.25, 0.3) is 10.2 Å². The summed E-state index contributed by atoms with van der Waals surface area (Å²) in [6.45, 7) is 2.11. The molecule has 5 nitrogen and oxygen atoms in total. The summed E-state index contributed by atoms with van der Waals surface area (Å²) >= 11 is 1.47. The van der Waals surface area contributed by atoms with E-state index in [0.29, 0.717) is 6.54 Å². The van der Waals surface area contributed by atoms with Crippen molar-refractivity contribution in [2.45, 2.75) is 13.0 Å². The first-order valence-electron chi connectivity index (χ1n) is 6.31. The van der Waals surface area contributed by atoms with Gasteiger partial charge in [0.1, 0.15) is 6.10 Å². The highest BCUT2D eigenvalue weighted by molar-refractivity contribution is 7.87. The summed E-state index contributed by atoms with van der Waals surface area (Å²) in [5, 5.41) is 11.2. The van der Waals surface area contributed by atoms with Crippen molar-refractivity contribution in [1.29, 1.82) is 0 Å². The molecule has 1 atom stereocenters. The van der Waals surface area contributed by atoms with Crippen LogP contribution in [0, 0.1) is 0 Å². The SMILES string of the molecule is CCN(C)S(=O)(=O)NC[C@@H](O)c1cc2ccccc2s1. The van der Waals surface area contributed by atoms with Crippen LogP contribution in [0.5, 0.6) is 0 Å². The van der Waals surface area contributed by atoms with Crippen LogP contribution in [-0.4, -0.2) is 38.0 Å². The molecule has 1 aromatic carbocycles. The number of thiophene rings is 1. The maximum absolute atomic E-state index is 11.8. The number of aliphatic hydroxyl groups is 1. The molecule has 1 heterocycles. The zero-order chi connectivity index (χ0) is 14.8. The van der Waals surface area contributed by atoms with E-state index in [-0.39, 0.29) is 6.54 Å². The summed E-state index contributed by atoms with van der Waals surface area (Å²) in [5.74, 6) is 0. The number of aliphatic hydroxyl groups excluding tert-OH is 1. The van der Waals surface area contributed by atoms with Gasteiger partial charge >= 0.3 is 0 Å². The van der Waals surface area contributed by atoms with E-state index < -0.39 is 16.3 Å². The number of hydrogen-bond donors (Lipinski definition) is 2. The predicted octanol–water partition coefficient (Wildman–Crippen LogP) is 1.72. The maximum atomic E-state index is 11.8. The second kappa shape index (κ2) is 6.19. The van der Waals surface area contributed by atoms with Crippen LogP contribution in [0.15, 0.2) is 30.3 Å². The summed E-state index contributed by atoms with van der Waals surface area (Å²) < 4.78 is 28.2. The zero-order valence-electron chi connectivity index (χ0n) is 11.4. The summed E-state index contributed by atoms with van der Waals surface area (Å²) in [5.41, 5.74) is 0. The Kier molecular flexibility index (Phi) is 4.77. The van der Waals surface area contributed by atoms with Gasteiger partial charge in [-0.3, -0.25) is 0 Å². The molecule has 1 aromatic heterocycles. The molecule has 2 aromatic rings. The van der Waals surface area contributed by atoms with Crippen molar-refractivity contribution in [2.75, 3.05) is 20.1 Å². The lowest BCUT2D eigenvalue weighted by molar-refractivity contribution is 0.185. The minimum Gasteiger partial charge on any atom is -0.386 e. The second-order valence-electron chi connectivity index (χ2n) is 4.47. The second-order valence-corrected chi connectivity index (χ2v) is 7.45. The van der Waals surface area contributed by atoms with Crippen LogP contribution in [0.1, 0.15) is 17.9 Å². The van der Waals surface area contributed by atoms with Crippen molar-refractivity contribution in [3.8, 4) is 0 Å². The van der Waals surface area contributed by atoms with Gasteiger partial charge in [-0.05, 0) is 17.5 Å². The predicted molar refractivity (Wildman–Crippen MR) is 82.0 cm³/mol. The first kappa shape index (κ1) is 15.4. The molecule has 0 aliphatic rings. The van der Waals surface area contributed by atoms with Crippen molar-refractivity contribution in [1.82, 2.24) is 9.03 Å². The highest BCUT2D eigenvalue weighted by atomic mass is 32.2. The normalized spacial score (nSPS) is 14.0. The van der Waals surface area contributed by atoms with Crippen LogP contribution in [0.3, 0.4) is 0 Å². The van der Waals surface area contributed by atoms with E-state index in [1.807, 2.05) is 30.3 Å². The van der Waals surface area contributed by atoms with Crippen molar-refractivity contribution in [3.05, 3.63) is 35.2 Å². The number of nitrogens with zero attached hydrogens (tertiary/aromatic N) is 1. The molecular weight excluding hydrogens is 296 g/mol. The van der Waals surface area contributed by atoms with Gasteiger partial charge < -0.3 is 5.11 Å². The number of fused-ring (bicyclic) bond motifs is 1. The van der Waals surface area contributed by atoms with Crippen molar-refractivity contribution < 1.29 is 13.5 Å². The van der Waals surface area contributed by atoms with Gasteiger partial charge in [-0.1, -0.05) is 25.1 Å². The molecule has 2 N–H and O–H groups in total. The molecule has 0 spiro atoms. The third-order valence-electron chi connectivity index (χ3n) is 3.09. The monoisotopic (exact) mass is 314 g/mol. The van der Waals surface area contributed by atoms with Gasteiger partial charge in [0, 0.05) is 29.7 Å². The Hall–Kier alpha value is -0.990. The summed E-state index contributed by atoms with van der Waals surface area (Å²) in [6.07, 6.45) is -0.840. The lowest BCUT2D eigenvalue weighted by Gasteiger charge is -2.17. The van der Waals surface area contributed by atoms with Crippen molar-refractivity contribution >= 4 is 31.6 Å². The smallest absolute Gasteiger partial charge is 0.279 e. The molecule has 0 saturated heterocycles. The quantitative estimate of drug-likeness (QED) is 0.853. The summed E-state index contributed by atoms with van der Waals surface area (Å²) in [6, 6.07) is 9.71. The average molecular weight is 314 g/mol. The van der Waals surface area contributed by atoms with Crippen LogP contribution in [-0.2, 0) is 10.2 Å². The lowest BCUT2D eigenvalue weighted by atomic mass is 10.2. The fraction of sp³-hybridized carbons (Fsp3) is 0.385. The molecule has 0 amide bonds. The highest BCUT2D eigenvalue weighted by Gasteiger charge is 2.18. The molecule has 0 unspecified atom stereocenters. The maximum Gasteiger partial charge on any atom is 0.279 e. The van der Waals surface area contributed by atoms with E-state index >= 15 is 0 Å². The molecule has 0 saturated carbocycles. The fourth-order valence-corrected chi connectivity index (χ4v) is 3.71. The summed E-state index contributed by atoms with van der Waals surface area (Å²) in [7, 11) is -2.02. The van der Waals surface area contributed by atoms with Gasteiger partial charge in [0.2, 0.25) is 0 Å². The molecule has 7 heteroatoms. The van der Waals surface area contributed by atoms with Crippen LogP contribution < -0.4 is 4.72 Å². The Bertz CT molecular complexity index is 649. The number of rotatable bonds is 6. The molecule has 20 heavy (non-hydrogen) atoms. The van der Waals surface area contributed by atoms with Gasteiger partial charge in [-0.2, -0.15) is 17.4 Å². The topological polar surface area (TPSA) is 69.6 Å². The minimum absolute atomic E-state index is 0.0283. The Labute approximate surface area is 123 Å². The van der Waals surface area contributed by atoms with Gasteiger partial charge in [-0.25, -0.2) is 0 Å². The number of hydrogen-bond acceptors (Lipinski definition) is 4. The van der Waals surface area contributed by atoms with E-state index in [0.717, 1.165) is 15.0 Å². The molecule has 110 valence electrons. The van der Waals surface area contributed by atoms with Crippen LogP contribution in [0.4, 0.5) is 0 Å². The highest BCUT2D eigenvalue weighted by Crippen LogP contribution is 2.29. The average Bonchev–Trinajstić information content (AvgIpc) is 2.87. The standard InChI is InChI=1S/C13H18N2O3S2/c1-3-15(2)20(17,18)14-9-11(16)13-8-10-6-4-5-7-12(10)19-13/h4-8,11,14,16H,3,9H2,1-2H3/t11-/m1/s1. The van der Waals surface area contributed by atoms with E-state index in [9.17, 15) is 13.5 Å². The van der Waals surface area contributed by atoms with Gasteiger partial charge in [-0.15, -0.1) is 11.3 Å². The Morgan fingerprint density at radius 1 is 1.40 bits per heavy atom. The fourth-order valence-electron chi connectivity index (χ4n) is 1.73. The van der Waals surface area contributed by atoms with Gasteiger partial charge in [0.05, 0.1) is 0 Å². The van der Waals surface area contributed by atoms with Crippen LogP contribution >= 0.6 is 11.3 Å². The molecule has 0 radical (unpaired) electrons. The third-order valence-corrected chi connectivity index (χ3v) is 5.92. The number of nitrogens with one attached hydrogen (secondary N) is 1. The van der Waals surface area contributed by atoms with E-state index in [4.69, 9.17) is 0 Å². The molecule has 0 aliphatic heterocycles. The van der Waals surface area contributed by atoms with Crippen molar-refractivity contribution in [3.63, 3.8) is 0 Å². The molecule has 2 rings (SSSR count). The molecule has 0 fully saturated rings. The van der Waals surface area contributed by atoms with Gasteiger partial charge in [0.15, 0.2) is 0 Å². The summed E-state index contributed by atoms with van der Waals surface area (Å²) in [4.78, 5) is 0.757. The minimum atomic E-state index is -3.52. The first-order valence-corrected chi connectivity index (χ1v) is 8.57. The van der Waals surface area contributed by atoms with E-state index in [1.54, 1.807) is 6.92 Å². The third kappa shape index (κ3) is 3.36. The first-order chi connectivity index (χ1) is 9.44. The Balaban J connectivity index is 2.07. The zero-order valence-corrected chi connectivity index (χ0v) is 13.0. The number of benzene rings is 1.